The van der Waals surface area contributed by atoms with Crippen LogP contribution in [-0.2, 0) is 23.3 Å². The topological polar surface area (TPSA) is 102 Å². The minimum absolute atomic E-state index is 0.112. The predicted octanol–water partition coefficient (Wildman–Crippen LogP) is 2.66. The molecule has 2 aromatic rings. The van der Waals surface area contributed by atoms with Crippen molar-refractivity contribution in [1.29, 1.82) is 0 Å². The summed E-state index contributed by atoms with van der Waals surface area (Å²) in [5, 5.41) is 14.9. The van der Waals surface area contributed by atoms with Gasteiger partial charge in [0.15, 0.2) is 0 Å². The molecule has 1 aromatic heterocycles. The molecule has 1 aliphatic rings. The van der Waals surface area contributed by atoms with Crippen LogP contribution in [0.25, 0.3) is 0 Å². The fourth-order valence-corrected chi connectivity index (χ4v) is 3.30. The largest absolute Gasteiger partial charge is 0.337 e. The number of aromatic amines is 1. The second kappa shape index (κ2) is 8.43. The first-order valence-electron chi connectivity index (χ1n) is 9.65. The zero-order valence-corrected chi connectivity index (χ0v) is 16.6. The van der Waals surface area contributed by atoms with Gasteiger partial charge in [-0.25, -0.2) is 9.80 Å². The SMILES string of the molecule is CCCCNC(=O)NN1Cc2c(n[nH]c2NC(=O)Cc2ccccc2)C1(C)C. The van der Waals surface area contributed by atoms with E-state index in [-0.39, 0.29) is 11.9 Å². The quantitative estimate of drug-likeness (QED) is 0.551. The highest BCUT2D eigenvalue weighted by atomic mass is 16.2. The molecular formula is C20H28N6O2. The molecule has 0 saturated heterocycles. The molecule has 1 aromatic carbocycles. The van der Waals surface area contributed by atoms with Crippen LogP contribution in [-0.4, -0.2) is 33.7 Å². The molecule has 0 atom stereocenters. The molecule has 0 spiro atoms. The monoisotopic (exact) mass is 384 g/mol. The number of hydrazine groups is 1. The van der Waals surface area contributed by atoms with E-state index in [0.29, 0.717) is 25.3 Å². The molecule has 0 radical (unpaired) electrons. The molecule has 0 unspecified atom stereocenters. The van der Waals surface area contributed by atoms with E-state index in [1.807, 2.05) is 49.2 Å². The average molecular weight is 384 g/mol. The molecule has 2 heterocycles. The molecule has 8 nitrogen and oxygen atoms in total. The molecule has 3 amide bonds. The molecular weight excluding hydrogens is 356 g/mol. The highest BCUT2D eigenvalue weighted by molar-refractivity contribution is 5.92. The summed E-state index contributed by atoms with van der Waals surface area (Å²) in [4.78, 5) is 24.5. The Balaban J connectivity index is 1.64. The zero-order chi connectivity index (χ0) is 20.1. The Hall–Kier alpha value is -2.87. The Labute approximate surface area is 165 Å². The van der Waals surface area contributed by atoms with E-state index >= 15 is 0 Å². The molecule has 150 valence electrons. The van der Waals surface area contributed by atoms with Gasteiger partial charge in [-0.15, -0.1) is 0 Å². The number of anilines is 1. The maximum atomic E-state index is 12.4. The lowest BCUT2D eigenvalue weighted by molar-refractivity contribution is -0.115. The summed E-state index contributed by atoms with van der Waals surface area (Å²) in [6.45, 7) is 7.16. The molecule has 0 bridgehead atoms. The normalized spacial score (nSPS) is 15.1. The van der Waals surface area contributed by atoms with Gasteiger partial charge in [0.05, 0.1) is 17.7 Å². The average Bonchev–Trinajstić information content (AvgIpc) is 3.15. The van der Waals surface area contributed by atoms with Crippen molar-refractivity contribution in [3.8, 4) is 0 Å². The molecule has 3 rings (SSSR count). The zero-order valence-electron chi connectivity index (χ0n) is 16.6. The van der Waals surface area contributed by atoms with Crippen LogP contribution in [0.2, 0.25) is 0 Å². The van der Waals surface area contributed by atoms with Crippen molar-refractivity contribution in [1.82, 2.24) is 25.9 Å². The van der Waals surface area contributed by atoms with E-state index in [1.165, 1.54) is 0 Å². The number of carbonyl (C=O) groups excluding carboxylic acids is 2. The van der Waals surface area contributed by atoms with Gasteiger partial charge in [-0.1, -0.05) is 43.7 Å². The lowest BCUT2D eigenvalue weighted by Gasteiger charge is -2.31. The van der Waals surface area contributed by atoms with Gasteiger partial charge in [-0.05, 0) is 25.8 Å². The fraction of sp³-hybridized carbons (Fsp3) is 0.450. The number of nitrogens with one attached hydrogen (secondary N) is 4. The number of aromatic nitrogens is 2. The summed E-state index contributed by atoms with van der Waals surface area (Å²) < 4.78 is 0. The van der Waals surface area contributed by atoms with Crippen LogP contribution in [0.4, 0.5) is 10.6 Å². The molecule has 0 aliphatic carbocycles. The van der Waals surface area contributed by atoms with E-state index in [1.54, 1.807) is 0 Å². The Morgan fingerprint density at radius 2 is 2.00 bits per heavy atom. The minimum Gasteiger partial charge on any atom is -0.337 e. The van der Waals surface area contributed by atoms with E-state index in [2.05, 4.69) is 33.2 Å². The van der Waals surface area contributed by atoms with Gasteiger partial charge in [-0.2, -0.15) is 5.10 Å². The predicted molar refractivity (Wildman–Crippen MR) is 107 cm³/mol. The molecule has 0 saturated carbocycles. The number of amides is 3. The number of benzene rings is 1. The molecule has 4 N–H and O–H groups in total. The molecule has 28 heavy (non-hydrogen) atoms. The number of urea groups is 1. The fourth-order valence-electron chi connectivity index (χ4n) is 3.30. The van der Waals surface area contributed by atoms with Gasteiger partial charge >= 0.3 is 6.03 Å². The second-order valence-corrected chi connectivity index (χ2v) is 7.50. The summed E-state index contributed by atoms with van der Waals surface area (Å²) in [5.41, 5.74) is 5.06. The lowest BCUT2D eigenvalue weighted by atomic mass is 10.0. The molecule has 0 fully saturated rings. The van der Waals surface area contributed by atoms with Crippen molar-refractivity contribution in [2.24, 2.45) is 0 Å². The number of hydrogen-bond acceptors (Lipinski definition) is 4. The van der Waals surface area contributed by atoms with Gasteiger partial charge < -0.3 is 10.6 Å². The van der Waals surface area contributed by atoms with Gasteiger partial charge in [0, 0.05) is 18.7 Å². The van der Waals surface area contributed by atoms with Crippen molar-refractivity contribution in [3.05, 3.63) is 47.2 Å². The van der Waals surface area contributed by atoms with Crippen LogP contribution in [0.1, 0.15) is 50.4 Å². The lowest BCUT2D eigenvalue weighted by Crippen LogP contribution is -2.52. The highest BCUT2D eigenvalue weighted by Crippen LogP contribution is 2.39. The van der Waals surface area contributed by atoms with Crippen molar-refractivity contribution in [2.75, 3.05) is 11.9 Å². The third kappa shape index (κ3) is 4.33. The van der Waals surface area contributed by atoms with Crippen LogP contribution in [0.5, 0.6) is 0 Å². The first-order valence-corrected chi connectivity index (χ1v) is 9.65. The standard InChI is InChI=1S/C20H28N6O2/c1-4-5-11-21-19(28)25-26-13-15-17(20(26,2)3)23-24-18(15)22-16(27)12-14-9-7-6-8-10-14/h6-10H,4-5,11-13H2,1-3H3,(H2,21,25,28)(H2,22,23,24,27). The van der Waals surface area contributed by atoms with Crippen LogP contribution in [0, 0.1) is 0 Å². The van der Waals surface area contributed by atoms with Gasteiger partial charge in [0.1, 0.15) is 5.82 Å². The third-order valence-electron chi connectivity index (χ3n) is 4.96. The summed E-state index contributed by atoms with van der Waals surface area (Å²) in [5.74, 6) is 0.471. The smallest absolute Gasteiger partial charge is 0.329 e. The number of unbranched alkanes of at least 4 members (excludes halogenated alkanes) is 1. The Morgan fingerprint density at radius 1 is 1.25 bits per heavy atom. The number of H-pyrrole nitrogens is 1. The van der Waals surface area contributed by atoms with Crippen molar-refractivity contribution >= 4 is 17.8 Å². The first kappa shape index (κ1) is 19.9. The first-order chi connectivity index (χ1) is 13.4. The van der Waals surface area contributed by atoms with Crippen molar-refractivity contribution < 1.29 is 9.59 Å². The number of nitrogens with zero attached hydrogens (tertiary/aromatic N) is 2. The molecule has 1 aliphatic heterocycles. The van der Waals surface area contributed by atoms with Gasteiger partial charge in [-0.3, -0.25) is 15.3 Å². The maximum Gasteiger partial charge on any atom is 0.329 e. The van der Waals surface area contributed by atoms with Crippen LogP contribution < -0.4 is 16.1 Å². The summed E-state index contributed by atoms with van der Waals surface area (Å²) in [6, 6.07) is 9.35. The molecule has 8 heteroatoms. The number of carbonyl (C=O) groups is 2. The van der Waals surface area contributed by atoms with E-state index in [0.717, 1.165) is 29.7 Å². The van der Waals surface area contributed by atoms with Crippen LogP contribution >= 0.6 is 0 Å². The number of hydrogen-bond donors (Lipinski definition) is 4. The number of rotatable bonds is 7. The van der Waals surface area contributed by atoms with Gasteiger partial charge in [0.25, 0.3) is 0 Å². The van der Waals surface area contributed by atoms with Crippen molar-refractivity contribution in [2.45, 2.75) is 52.1 Å². The Morgan fingerprint density at radius 3 is 2.71 bits per heavy atom. The summed E-state index contributed by atoms with van der Waals surface area (Å²) in [7, 11) is 0. The Bertz CT molecular complexity index is 830. The van der Waals surface area contributed by atoms with E-state index < -0.39 is 5.54 Å². The van der Waals surface area contributed by atoms with E-state index in [9.17, 15) is 9.59 Å². The third-order valence-corrected chi connectivity index (χ3v) is 4.96. The Kier molecular flexibility index (Phi) is 5.99. The van der Waals surface area contributed by atoms with Crippen LogP contribution in [0.15, 0.2) is 30.3 Å². The van der Waals surface area contributed by atoms with Crippen molar-refractivity contribution in [3.63, 3.8) is 0 Å². The highest BCUT2D eigenvalue weighted by Gasteiger charge is 2.42. The van der Waals surface area contributed by atoms with Gasteiger partial charge in [0.2, 0.25) is 5.91 Å². The summed E-state index contributed by atoms with van der Waals surface area (Å²) in [6.07, 6.45) is 2.26. The van der Waals surface area contributed by atoms with Crippen LogP contribution in [0.3, 0.4) is 0 Å². The maximum absolute atomic E-state index is 12.4. The van der Waals surface area contributed by atoms with E-state index in [4.69, 9.17) is 0 Å². The minimum atomic E-state index is -0.490. The number of fused-ring (bicyclic) bond motifs is 1. The second-order valence-electron chi connectivity index (χ2n) is 7.50. The summed E-state index contributed by atoms with van der Waals surface area (Å²) >= 11 is 0.